The summed E-state index contributed by atoms with van der Waals surface area (Å²) in [5.41, 5.74) is 2.16. The Kier molecular flexibility index (Phi) is 4.80. The number of nitrogens with zero attached hydrogens (tertiary/aromatic N) is 2. The first kappa shape index (κ1) is 18.6. The maximum absolute atomic E-state index is 12.7. The van der Waals surface area contributed by atoms with Crippen LogP contribution in [-0.4, -0.2) is 28.6 Å². The van der Waals surface area contributed by atoms with Gasteiger partial charge in [0.05, 0.1) is 11.6 Å². The third-order valence-electron chi connectivity index (χ3n) is 5.08. The summed E-state index contributed by atoms with van der Waals surface area (Å²) in [7, 11) is 0. The number of benzene rings is 1. The highest BCUT2D eigenvalue weighted by Gasteiger charge is 2.32. The van der Waals surface area contributed by atoms with E-state index in [1.54, 1.807) is 30.6 Å². The summed E-state index contributed by atoms with van der Waals surface area (Å²) in [4.78, 5) is 34.9. The van der Waals surface area contributed by atoms with Gasteiger partial charge in [-0.3, -0.25) is 19.9 Å². The number of hydrogen-bond acceptors (Lipinski definition) is 7. The molecule has 0 radical (unpaired) electrons. The number of thiazole rings is 1. The molecular formula is C21H18N4O4S. The SMILES string of the molecule is O=C(Nc1nc2c(s1)CC[C@@H]2C(=O)NCc1cccnc1)c1ccc2c(c1)OCO2. The summed E-state index contributed by atoms with van der Waals surface area (Å²) in [5, 5.41) is 6.28. The Bertz CT molecular complexity index is 1120. The maximum atomic E-state index is 12.7. The topological polar surface area (TPSA) is 102 Å². The summed E-state index contributed by atoms with van der Waals surface area (Å²) >= 11 is 1.42. The van der Waals surface area contributed by atoms with Gasteiger partial charge in [0.25, 0.3) is 5.91 Å². The van der Waals surface area contributed by atoms with Crippen LogP contribution in [0.1, 0.15) is 38.8 Å². The number of amides is 2. The number of ether oxygens (including phenoxy) is 2. The van der Waals surface area contributed by atoms with Gasteiger partial charge in [-0.15, -0.1) is 11.3 Å². The number of hydrogen-bond donors (Lipinski definition) is 2. The minimum absolute atomic E-state index is 0.0587. The van der Waals surface area contributed by atoms with Crippen LogP contribution in [0.5, 0.6) is 11.5 Å². The molecule has 30 heavy (non-hydrogen) atoms. The van der Waals surface area contributed by atoms with Gasteiger partial charge in [-0.25, -0.2) is 4.98 Å². The van der Waals surface area contributed by atoms with Crippen molar-refractivity contribution in [3.8, 4) is 11.5 Å². The van der Waals surface area contributed by atoms with Gasteiger partial charge in [0, 0.05) is 29.4 Å². The molecule has 9 heteroatoms. The monoisotopic (exact) mass is 422 g/mol. The average Bonchev–Trinajstić information content (AvgIpc) is 3.47. The molecule has 2 N–H and O–H groups in total. The van der Waals surface area contributed by atoms with Crippen LogP contribution in [0.3, 0.4) is 0 Å². The molecule has 3 heterocycles. The summed E-state index contributed by atoms with van der Waals surface area (Å²) in [5.74, 6) is 0.536. The second-order valence-electron chi connectivity index (χ2n) is 7.02. The highest BCUT2D eigenvalue weighted by atomic mass is 32.1. The predicted octanol–water partition coefficient (Wildman–Crippen LogP) is 2.87. The molecule has 1 aliphatic carbocycles. The molecule has 2 aromatic heterocycles. The molecule has 3 aromatic rings. The fourth-order valence-electron chi connectivity index (χ4n) is 3.56. The number of fused-ring (bicyclic) bond motifs is 2. The van der Waals surface area contributed by atoms with Crippen LogP contribution >= 0.6 is 11.3 Å². The number of anilines is 1. The number of nitrogens with one attached hydrogen (secondary N) is 2. The first-order chi connectivity index (χ1) is 14.7. The number of pyridine rings is 1. The van der Waals surface area contributed by atoms with Crippen molar-refractivity contribution in [3.63, 3.8) is 0 Å². The van der Waals surface area contributed by atoms with Crippen molar-refractivity contribution in [2.24, 2.45) is 0 Å². The van der Waals surface area contributed by atoms with Crippen molar-refractivity contribution in [2.75, 3.05) is 12.1 Å². The lowest BCUT2D eigenvalue weighted by molar-refractivity contribution is -0.122. The third kappa shape index (κ3) is 3.59. The average molecular weight is 422 g/mol. The van der Waals surface area contributed by atoms with Crippen LogP contribution < -0.4 is 20.1 Å². The van der Waals surface area contributed by atoms with Crippen LogP contribution in [0.15, 0.2) is 42.7 Å². The Labute approximate surface area is 176 Å². The molecule has 0 spiro atoms. The molecule has 2 amide bonds. The van der Waals surface area contributed by atoms with Crippen molar-refractivity contribution in [1.82, 2.24) is 15.3 Å². The lowest BCUT2D eigenvalue weighted by Gasteiger charge is -2.10. The first-order valence-electron chi connectivity index (χ1n) is 9.54. The third-order valence-corrected chi connectivity index (χ3v) is 6.13. The van der Waals surface area contributed by atoms with E-state index in [0.29, 0.717) is 28.7 Å². The fraction of sp³-hybridized carbons (Fsp3) is 0.238. The van der Waals surface area contributed by atoms with Crippen molar-refractivity contribution >= 4 is 28.3 Å². The quantitative estimate of drug-likeness (QED) is 0.656. The highest BCUT2D eigenvalue weighted by molar-refractivity contribution is 7.16. The zero-order chi connectivity index (χ0) is 20.5. The van der Waals surface area contributed by atoms with Gasteiger partial charge in [-0.2, -0.15) is 0 Å². The van der Waals surface area contributed by atoms with E-state index >= 15 is 0 Å². The van der Waals surface area contributed by atoms with E-state index < -0.39 is 0 Å². The van der Waals surface area contributed by atoms with Crippen LogP contribution in [0, 0.1) is 0 Å². The fourth-order valence-corrected chi connectivity index (χ4v) is 4.59. The van der Waals surface area contributed by atoms with E-state index in [1.165, 1.54) is 11.3 Å². The molecule has 0 bridgehead atoms. The summed E-state index contributed by atoms with van der Waals surface area (Å²) in [6.45, 7) is 0.584. The zero-order valence-electron chi connectivity index (χ0n) is 15.9. The molecule has 0 saturated carbocycles. The molecule has 1 atom stereocenters. The molecule has 0 fully saturated rings. The minimum Gasteiger partial charge on any atom is -0.454 e. The standard InChI is InChI=1S/C21H18N4O4S/c26-19(13-3-5-15-16(8-13)29-11-28-15)25-21-24-18-14(4-6-17(18)30-21)20(27)23-10-12-2-1-7-22-9-12/h1-3,5,7-9,14H,4,6,10-11H2,(H,23,27)(H,24,25,26)/t14-/m0/s1. The molecular weight excluding hydrogens is 404 g/mol. The Morgan fingerprint density at radius 3 is 2.97 bits per heavy atom. The van der Waals surface area contributed by atoms with Gasteiger partial charge in [0.15, 0.2) is 16.6 Å². The Morgan fingerprint density at radius 1 is 1.20 bits per heavy atom. The highest BCUT2D eigenvalue weighted by Crippen LogP contribution is 2.39. The lowest BCUT2D eigenvalue weighted by atomic mass is 10.1. The molecule has 1 aromatic carbocycles. The van der Waals surface area contributed by atoms with Crippen LogP contribution in [0.4, 0.5) is 5.13 Å². The van der Waals surface area contributed by atoms with E-state index in [2.05, 4.69) is 20.6 Å². The second-order valence-corrected chi connectivity index (χ2v) is 8.10. The molecule has 5 rings (SSSR count). The Morgan fingerprint density at radius 2 is 2.10 bits per heavy atom. The second kappa shape index (κ2) is 7.75. The van der Waals surface area contributed by atoms with Crippen LogP contribution in [-0.2, 0) is 17.8 Å². The van der Waals surface area contributed by atoms with Gasteiger partial charge < -0.3 is 14.8 Å². The number of rotatable bonds is 5. The van der Waals surface area contributed by atoms with Crippen LogP contribution in [0.25, 0.3) is 0 Å². The van der Waals surface area contributed by atoms with Gasteiger partial charge in [0.2, 0.25) is 12.7 Å². The number of aromatic nitrogens is 2. The van der Waals surface area contributed by atoms with E-state index in [4.69, 9.17) is 9.47 Å². The van der Waals surface area contributed by atoms with Gasteiger partial charge in [-0.1, -0.05) is 6.07 Å². The van der Waals surface area contributed by atoms with Crippen LogP contribution in [0.2, 0.25) is 0 Å². The van der Waals surface area contributed by atoms with E-state index in [-0.39, 0.29) is 24.5 Å². The summed E-state index contributed by atoms with van der Waals surface area (Å²) in [6, 6.07) is 8.79. The zero-order valence-corrected chi connectivity index (χ0v) is 16.7. The predicted molar refractivity (Wildman–Crippen MR) is 110 cm³/mol. The molecule has 0 unspecified atom stereocenters. The van der Waals surface area contributed by atoms with E-state index in [9.17, 15) is 9.59 Å². The molecule has 2 aliphatic rings. The largest absolute Gasteiger partial charge is 0.454 e. The Balaban J connectivity index is 1.25. The summed E-state index contributed by atoms with van der Waals surface area (Å²) < 4.78 is 10.6. The molecule has 8 nitrogen and oxygen atoms in total. The van der Waals surface area contributed by atoms with Crippen molar-refractivity contribution in [3.05, 3.63) is 64.4 Å². The maximum Gasteiger partial charge on any atom is 0.257 e. The molecule has 1 aliphatic heterocycles. The van der Waals surface area contributed by atoms with Gasteiger partial charge in [0.1, 0.15) is 0 Å². The van der Waals surface area contributed by atoms with Gasteiger partial charge in [-0.05, 0) is 42.7 Å². The number of aryl methyl sites for hydroxylation is 1. The smallest absolute Gasteiger partial charge is 0.257 e. The van der Waals surface area contributed by atoms with Crippen molar-refractivity contribution < 1.29 is 19.1 Å². The Hall–Kier alpha value is -3.46. The van der Waals surface area contributed by atoms with E-state index in [1.807, 2.05) is 12.1 Å². The summed E-state index contributed by atoms with van der Waals surface area (Å²) in [6.07, 6.45) is 4.93. The van der Waals surface area contributed by atoms with Crippen molar-refractivity contribution in [1.29, 1.82) is 0 Å². The van der Waals surface area contributed by atoms with Crippen molar-refractivity contribution in [2.45, 2.75) is 25.3 Å². The molecule has 0 saturated heterocycles. The lowest BCUT2D eigenvalue weighted by Crippen LogP contribution is -2.28. The first-order valence-corrected chi connectivity index (χ1v) is 10.4. The van der Waals surface area contributed by atoms with Gasteiger partial charge >= 0.3 is 0 Å². The van der Waals surface area contributed by atoms with E-state index in [0.717, 1.165) is 29.0 Å². The number of carbonyl (C=O) groups excluding carboxylic acids is 2. The normalized spacial score (nSPS) is 16.2. The minimum atomic E-state index is -0.302. The number of carbonyl (C=O) groups is 2. The molecule has 152 valence electrons.